The van der Waals surface area contributed by atoms with Crippen LogP contribution in [0.5, 0.6) is 0 Å². The van der Waals surface area contributed by atoms with Crippen molar-refractivity contribution in [3.05, 3.63) is 17.5 Å². The first-order valence-corrected chi connectivity index (χ1v) is 7.51. The highest BCUT2D eigenvalue weighted by molar-refractivity contribution is 7.18. The first-order valence-electron chi connectivity index (χ1n) is 6.69. The molecule has 110 valence electrons. The summed E-state index contributed by atoms with van der Waals surface area (Å²) in [5, 5.41) is 3.66. The van der Waals surface area contributed by atoms with Gasteiger partial charge in [-0.25, -0.2) is 4.98 Å². The SMILES string of the molecule is C=CCC(C)NC(=O)c1sc(N2CCC(N)C2)nc1N. The Morgan fingerprint density at radius 3 is 3.10 bits per heavy atom. The Morgan fingerprint density at radius 1 is 1.75 bits per heavy atom. The van der Waals surface area contributed by atoms with E-state index in [0.29, 0.717) is 4.88 Å². The van der Waals surface area contributed by atoms with Crippen molar-refractivity contribution in [3.8, 4) is 0 Å². The number of nitrogens with two attached hydrogens (primary N) is 2. The van der Waals surface area contributed by atoms with Gasteiger partial charge in [0.2, 0.25) is 0 Å². The quantitative estimate of drug-likeness (QED) is 0.703. The number of hydrogen-bond donors (Lipinski definition) is 3. The van der Waals surface area contributed by atoms with Crippen molar-refractivity contribution in [2.45, 2.75) is 31.8 Å². The van der Waals surface area contributed by atoms with Crippen LogP contribution in [0.15, 0.2) is 12.7 Å². The second-order valence-electron chi connectivity index (χ2n) is 5.10. The number of carbonyl (C=O) groups excluding carboxylic acids is 1. The van der Waals surface area contributed by atoms with Gasteiger partial charge >= 0.3 is 0 Å². The highest BCUT2D eigenvalue weighted by Gasteiger charge is 2.25. The van der Waals surface area contributed by atoms with Crippen LogP contribution in [0.25, 0.3) is 0 Å². The lowest BCUT2D eigenvalue weighted by Gasteiger charge is -2.13. The lowest BCUT2D eigenvalue weighted by Crippen LogP contribution is -2.32. The number of thiazole rings is 1. The first-order chi connectivity index (χ1) is 9.51. The average molecular weight is 295 g/mol. The van der Waals surface area contributed by atoms with E-state index in [9.17, 15) is 4.79 Å². The van der Waals surface area contributed by atoms with Crippen molar-refractivity contribution in [1.82, 2.24) is 10.3 Å². The van der Waals surface area contributed by atoms with Gasteiger partial charge in [-0.3, -0.25) is 4.79 Å². The second-order valence-corrected chi connectivity index (χ2v) is 6.08. The molecule has 2 atom stereocenters. The first kappa shape index (κ1) is 14.8. The predicted octanol–water partition coefficient (Wildman–Crippen LogP) is 0.957. The molecule has 0 aromatic carbocycles. The van der Waals surface area contributed by atoms with Crippen LogP contribution in [0.1, 0.15) is 29.4 Å². The zero-order valence-corrected chi connectivity index (χ0v) is 12.4. The molecule has 6 nitrogen and oxygen atoms in total. The third-order valence-corrected chi connectivity index (χ3v) is 4.37. The van der Waals surface area contributed by atoms with Crippen LogP contribution >= 0.6 is 11.3 Å². The van der Waals surface area contributed by atoms with E-state index in [2.05, 4.69) is 21.8 Å². The Hall–Kier alpha value is -1.60. The maximum atomic E-state index is 12.1. The summed E-state index contributed by atoms with van der Waals surface area (Å²) in [6, 6.07) is 0.204. The summed E-state index contributed by atoms with van der Waals surface area (Å²) >= 11 is 1.32. The number of anilines is 2. The second kappa shape index (κ2) is 6.23. The number of nitrogen functional groups attached to an aromatic ring is 1. The molecule has 1 aliphatic rings. The molecule has 1 aliphatic heterocycles. The predicted molar refractivity (Wildman–Crippen MR) is 83.1 cm³/mol. The minimum absolute atomic E-state index is 0.0326. The molecule has 1 aromatic rings. The minimum Gasteiger partial charge on any atom is -0.382 e. The topological polar surface area (TPSA) is 97.3 Å². The molecular formula is C13H21N5OS. The number of carbonyl (C=O) groups is 1. The summed E-state index contributed by atoms with van der Waals surface area (Å²) in [7, 11) is 0. The molecule has 2 unspecified atom stereocenters. The van der Waals surface area contributed by atoms with Crippen molar-refractivity contribution in [2.24, 2.45) is 5.73 Å². The molecule has 0 spiro atoms. The van der Waals surface area contributed by atoms with Crippen LogP contribution in [0.2, 0.25) is 0 Å². The molecule has 1 aromatic heterocycles. The fourth-order valence-electron chi connectivity index (χ4n) is 2.18. The van der Waals surface area contributed by atoms with Crippen LogP contribution in [-0.4, -0.2) is 36.1 Å². The van der Waals surface area contributed by atoms with E-state index in [-0.39, 0.29) is 23.8 Å². The van der Waals surface area contributed by atoms with Crippen molar-refractivity contribution in [2.75, 3.05) is 23.7 Å². The van der Waals surface area contributed by atoms with Crippen LogP contribution in [0.4, 0.5) is 10.9 Å². The molecule has 5 N–H and O–H groups in total. The van der Waals surface area contributed by atoms with E-state index in [1.165, 1.54) is 11.3 Å². The Balaban J connectivity index is 2.07. The fourth-order valence-corrected chi connectivity index (χ4v) is 3.10. The van der Waals surface area contributed by atoms with Crippen molar-refractivity contribution in [3.63, 3.8) is 0 Å². The van der Waals surface area contributed by atoms with Gasteiger partial charge in [0.25, 0.3) is 5.91 Å². The monoisotopic (exact) mass is 295 g/mol. The van der Waals surface area contributed by atoms with Gasteiger partial charge < -0.3 is 21.7 Å². The maximum absolute atomic E-state index is 12.1. The smallest absolute Gasteiger partial charge is 0.265 e. The van der Waals surface area contributed by atoms with Crippen LogP contribution in [-0.2, 0) is 0 Å². The van der Waals surface area contributed by atoms with E-state index < -0.39 is 0 Å². The summed E-state index contributed by atoms with van der Waals surface area (Å²) in [4.78, 5) is 19.0. The Kier molecular flexibility index (Phi) is 4.61. The van der Waals surface area contributed by atoms with E-state index in [0.717, 1.165) is 31.1 Å². The van der Waals surface area contributed by atoms with Crippen molar-refractivity contribution in [1.29, 1.82) is 0 Å². The molecule has 20 heavy (non-hydrogen) atoms. The zero-order chi connectivity index (χ0) is 14.7. The molecule has 1 amide bonds. The van der Waals surface area contributed by atoms with Gasteiger partial charge in [-0.05, 0) is 19.8 Å². The lowest BCUT2D eigenvalue weighted by atomic mass is 10.2. The van der Waals surface area contributed by atoms with Crippen LogP contribution in [0.3, 0.4) is 0 Å². The molecule has 2 heterocycles. The number of aromatic nitrogens is 1. The number of nitrogens with one attached hydrogen (secondary N) is 1. The normalized spacial score (nSPS) is 19.9. The lowest BCUT2D eigenvalue weighted by molar-refractivity contribution is 0.0945. The van der Waals surface area contributed by atoms with Crippen LogP contribution in [0, 0.1) is 0 Å². The summed E-state index contributed by atoms with van der Waals surface area (Å²) < 4.78 is 0. The molecule has 1 fully saturated rings. The van der Waals surface area contributed by atoms with Gasteiger partial charge in [-0.1, -0.05) is 17.4 Å². The van der Waals surface area contributed by atoms with Crippen LogP contribution < -0.4 is 21.7 Å². The average Bonchev–Trinajstić information content (AvgIpc) is 2.95. The maximum Gasteiger partial charge on any atom is 0.265 e. The van der Waals surface area contributed by atoms with Gasteiger partial charge in [-0.2, -0.15) is 0 Å². The van der Waals surface area contributed by atoms with Gasteiger partial charge in [0.1, 0.15) is 10.7 Å². The van der Waals surface area contributed by atoms with Gasteiger partial charge in [-0.15, -0.1) is 6.58 Å². The van der Waals surface area contributed by atoms with E-state index >= 15 is 0 Å². The number of nitrogens with zero attached hydrogens (tertiary/aromatic N) is 2. The molecule has 0 radical (unpaired) electrons. The Bertz CT molecular complexity index is 501. The molecular weight excluding hydrogens is 274 g/mol. The molecule has 0 bridgehead atoms. The molecule has 7 heteroatoms. The van der Waals surface area contributed by atoms with Crippen molar-refractivity contribution < 1.29 is 4.79 Å². The molecule has 0 aliphatic carbocycles. The van der Waals surface area contributed by atoms with Crippen molar-refractivity contribution >= 4 is 28.2 Å². The Labute approximate surface area is 122 Å². The highest BCUT2D eigenvalue weighted by atomic mass is 32.1. The third kappa shape index (κ3) is 3.29. The molecule has 1 saturated heterocycles. The summed E-state index contributed by atoms with van der Waals surface area (Å²) in [6.45, 7) is 7.21. The number of rotatable bonds is 5. The van der Waals surface area contributed by atoms with Gasteiger partial charge in [0.05, 0.1) is 0 Å². The number of hydrogen-bond acceptors (Lipinski definition) is 6. The summed E-state index contributed by atoms with van der Waals surface area (Å²) in [6.07, 6.45) is 3.44. The van der Waals surface area contributed by atoms with Gasteiger partial charge in [0.15, 0.2) is 5.13 Å². The summed E-state index contributed by atoms with van der Waals surface area (Å²) in [5.41, 5.74) is 11.7. The largest absolute Gasteiger partial charge is 0.382 e. The Morgan fingerprint density at radius 2 is 2.50 bits per heavy atom. The van der Waals surface area contributed by atoms with E-state index in [4.69, 9.17) is 11.5 Å². The summed E-state index contributed by atoms with van der Waals surface area (Å²) in [5.74, 6) is 0.109. The van der Waals surface area contributed by atoms with E-state index in [1.54, 1.807) is 6.08 Å². The zero-order valence-electron chi connectivity index (χ0n) is 11.6. The minimum atomic E-state index is -0.177. The van der Waals surface area contributed by atoms with Gasteiger partial charge in [0, 0.05) is 25.2 Å². The molecule has 0 saturated carbocycles. The fraction of sp³-hybridized carbons (Fsp3) is 0.538. The van der Waals surface area contributed by atoms with E-state index in [1.807, 2.05) is 6.92 Å². The number of amides is 1. The standard InChI is InChI=1S/C13H21N5OS/c1-3-4-8(2)16-12(19)10-11(15)17-13(20-10)18-6-5-9(14)7-18/h3,8-9H,1,4-7,14-15H2,2H3,(H,16,19). The third-order valence-electron chi connectivity index (χ3n) is 3.24. The molecule has 2 rings (SSSR count). The highest BCUT2D eigenvalue weighted by Crippen LogP contribution is 2.30.